The van der Waals surface area contributed by atoms with E-state index < -0.39 is 5.97 Å². The summed E-state index contributed by atoms with van der Waals surface area (Å²) in [6.45, 7) is 2.25. The first kappa shape index (κ1) is 13.7. The van der Waals surface area contributed by atoms with Gasteiger partial charge in [-0.15, -0.1) is 0 Å². The first-order chi connectivity index (χ1) is 6.61. The molecule has 0 rings (SSSR count). The van der Waals surface area contributed by atoms with Gasteiger partial charge in [0.05, 0.1) is 18.6 Å². The summed E-state index contributed by atoms with van der Waals surface area (Å²) in [5, 5.41) is 8.64. The van der Waals surface area contributed by atoms with Crippen LogP contribution in [0.4, 0.5) is 0 Å². The van der Waals surface area contributed by atoms with Crippen LogP contribution in [0.1, 0.15) is 6.92 Å². The number of thioether (sulfide) groups is 1. The van der Waals surface area contributed by atoms with Gasteiger partial charge in [-0.2, -0.15) is 11.8 Å². The van der Waals surface area contributed by atoms with E-state index in [9.17, 15) is 4.79 Å². The Kier molecular flexibility index (Phi) is 7.93. The molecule has 0 saturated heterocycles. The maximum Gasteiger partial charge on any atom is 0.307 e. The van der Waals surface area contributed by atoms with Gasteiger partial charge in [0.2, 0.25) is 0 Å². The van der Waals surface area contributed by atoms with Crippen LogP contribution >= 0.6 is 11.8 Å². The van der Waals surface area contributed by atoms with Crippen molar-refractivity contribution in [3.8, 4) is 0 Å². The molecule has 0 aromatic heterocycles. The van der Waals surface area contributed by atoms with Gasteiger partial charge in [-0.25, -0.2) is 0 Å². The van der Waals surface area contributed by atoms with Gasteiger partial charge in [0.1, 0.15) is 0 Å². The minimum atomic E-state index is -0.752. The van der Waals surface area contributed by atoms with E-state index in [2.05, 4.69) is 0 Å². The Labute approximate surface area is 89.0 Å². The van der Waals surface area contributed by atoms with Crippen molar-refractivity contribution in [3.63, 3.8) is 0 Å². The van der Waals surface area contributed by atoms with Crippen molar-refractivity contribution in [1.82, 2.24) is 0 Å². The van der Waals surface area contributed by atoms with E-state index in [4.69, 9.17) is 14.6 Å². The van der Waals surface area contributed by atoms with Gasteiger partial charge < -0.3 is 14.6 Å². The first-order valence-corrected chi connectivity index (χ1v) is 5.59. The van der Waals surface area contributed by atoms with Crippen molar-refractivity contribution < 1.29 is 19.4 Å². The molecular formula is C9H18O4S. The number of hydrogen-bond donors (Lipinski definition) is 1. The molecular weight excluding hydrogens is 204 g/mol. The third-order valence-electron chi connectivity index (χ3n) is 1.78. The maximum absolute atomic E-state index is 10.5. The summed E-state index contributed by atoms with van der Waals surface area (Å²) in [5.41, 5.74) is 0. The van der Waals surface area contributed by atoms with Crippen LogP contribution in [0.25, 0.3) is 0 Å². The Morgan fingerprint density at radius 3 is 2.50 bits per heavy atom. The van der Waals surface area contributed by atoms with E-state index in [-0.39, 0.29) is 12.0 Å². The number of carbonyl (C=O) groups is 1. The zero-order valence-electron chi connectivity index (χ0n) is 8.86. The van der Waals surface area contributed by atoms with Crippen molar-refractivity contribution in [3.05, 3.63) is 0 Å². The summed E-state index contributed by atoms with van der Waals surface area (Å²) in [7, 11) is 3.25. The fraction of sp³-hybridized carbons (Fsp3) is 0.889. The molecule has 5 heteroatoms. The quantitative estimate of drug-likeness (QED) is 0.666. The van der Waals surface area contributed by atoms with Gasteiger partial charge in [0.25, 0.3) is 0 Å². The van der Waals surface area contributed by atoms with E-state index in [1.807, 2.05) is 0 Å². The Bertz CT molecular complexity index is 163. The third kappa shape index (κ3) is 6.23. The second kappa shape index (κ2) is 8.08. The van der Waals surface area contributed by atoms with Gasteiger partial charge >= 0.3 is 5.97 Å². The van der Waals surface area contributed by atoms with Gasteiger partial charge in [-0.05, 0) is 0 Å². The fourth-order valence-electron chi connectivity index (χ4n) is 0.818. The minimum Gasteiger partial charge on any atom is -0.481 e. The Hall–Kier alpha value is -0.260. The highest BCUT2D eigenvalue weighted by molar-refractivity contribution is 7.99. The van der Waals surface area contributed by atoms with Crippen LogP contribution in [0.15, 0.2) is 0 Å². The molecule has 0 radical (unpaired) electrons. The predicted octanol–water partition coefficient (Wildman–Crippen LogP) is 1.10. The van der Waals surface area contributed by atoms with Crippen LogP contribution in [0, 0.1) is 5.92 Å². The van der Waals surface area contributed by atoms with Crippen LogP contribution in [-0.4, -0.2) is 49.5 Å². The Balaban J connectivity index is 3.55. The number of ether oxygens (including phenoxy) is 2. The average Bonchev–Trinajstić information content (AvgIpc) is 2.16. The molecule has 0 aromatic carbocycles. The van der Waals surface area contributed by atoms with Crippen molar-refractivity contribution in [1.29, 1.82) is 0 Å². The molecule has 0 aromatic rings. The van der Waals surface area contributed by atoms with Gasteiger partial charge in [0, 0.05) is 25.7 Å². The van der Waals surface area contributed by atoms with Crippen LogP contribution in [0.3, 0.4) is 0 Å². The molecule has 2 unspecified atom stereocenters. The van der Waals surface area contributed by atoms with Crippen LogP contribution in [0.2, 0.25) is 0 Å². The lowest BCUT2D eigenvalue weighted by Gasteiger charge is -2.14. The molecule has 0 amide bonds. The molecule has 0 spiro atoms. The lowest BCUT2D eigenvalue weighted by atomic mass is 10.2. The normalized spacial score (nSPS) is 15.1. The van der Waals surface area contributed by atoms with E-state index in [0.717, 1.165) is 5.75 Å². The lowest BCUT2D eigenvalue weighted by Crippen LogP contribution is -2.21. The number of rotatable bonds is 8. The van der Waals surface area contributed by atoms with Crippen molar-refractivity contribution >= 4 is 17.7 Å². The molecule has 1 N–H and O–H groups in total. The van der Waals surface area contributed by atoms with Gasteiger partial charge in [-0.1, -0.05) is 6.92 Å². The zero-order chi connectivity index (χ0) is 11.0. The Morgan fingerprint density at radius 1 is 1.43 bits per heavy atom. The van der Waals surface area contributed by atoms with E-state index in [1.54, 1.807) is 32.9 Å². The average molecular weight is 222 g/mol. The second-order valence-corrected chi connectivity index (χ2v) is 4.16. The fourth-order valence-corrected chi connectivity index (χ4v) is 1.95. The number of aliphatic carboxylic acids is 1. The molecule has 0 fully saturated rings. The monoisotopic (exact) mass is 222 g/mol. The number of carboxylic acid groups (broad SMARTS) is 1. The second-order valence-electron chi connectivity index (χ2n) is 3.09. The largest absolute Gasteiger partial charge is 0.481 e. The predicted molar refractivity (Wildman–Crippen MR) is 56.8 cm³/mol. The lowest BCUT2D eigenvalue weighted by molar-refractivity contribution is -0.140. The van der Waals surface area contributed by atoms with Crippen molar-refractivity contribution in [2.45, 2.75) is 13.0 Å². The maximum atomic E-state index is 10.5. The summed E-state index contributed by atoms with van der Waals surface area (Å²) >= 11 is 1.58. The minimum absolute atomic E-state index is 0.0472. The number of carboxylic acids is 1. The van der Waals surface area contributed by atoms with E-state index in [1.165, 1.54) is 0 Å². The molecule has 4 nitrogen and oxygen atoms in total. The SMILES string of the molecule is COCC(CSCC(C)C(=O)O)OC. The molecule has 2 atom stereocenters. The molecule has 0 aliphatic rings. The summed E-state index contributed by atoms with van der Waals surface area (Å²) in [6.07, 6.45) is 0.0472. The number of hydrogen-bond acceptors (Lipinski definition) is 4. The molecule has 0 heterocycles. The highest BCUT2D eigenvalue weighted by Crippen LogP contribution is 2.11. The first-order valence-electron chi connectivity index (χ1n) is 4.44. The molecule has 14 heavy (non-hydrogen) atoms. The van der Waals surface area contributed by atoms with Crippen LogP contribution < -0.4 is 0 Å². The standard InChI is InChI=1S/C9H18O4S/c1-7(9(10)11)5-14-6-8(13-3)4-12-2/h7-8H,4-6H2,1-3H3,(H,10,11). The summed E-state index contributed by atoms with van der Waals surface area (Å²) in [6, 6.07) is 0. The summed E-state index contributed by atoms with van der Waals surface area (Å²) in [4.78, 5) is 10.5. The molecule has 0 saturated carbocycles. The highest BCUT2D eigenvalue weighted by Gasteiger charge is 2.12. The molecule has 0 aliphatic carbocycles. The molecule has 0 bridgehead atoms. The zero-order valence-corrected chi connectivity index (χ0v) is 9.67. The smallest absolute Gasteiger partial charge is 0.307 e. The van der Waals surface area contributed by atoms with Crippen LogP contribution in [0.5, 0.6) is 0 Å². The number of methoxy groups -OCH3 is 2. The van der Waals surface area contributed by atoms with Crippen LogP contribution in [-0.2, 0) is 14.3 Å². The third-order valence-corrected chi connectivity index (χ3v) is 3.12. The van der Waals surface area contributed by atoms with E-state index >= 15 is 0 Å². The summed E-state index contributed by atoms with van der Waals surface area (Å²) < 4.78 is 10.1. The Morgan fingerprint density at radius 2 is 2.07 bits per heavy atom. The van der Waals surface area contributed by atoms with Gasteiger partial charge in [-0.3, -0.25) is 4.79 Å². The van der Waals surface area contributed by atoms with Crippen molar-refractivity contribution in [2.24, 2.45) is 5.92 Å². The topological polar surface area (TPSA) is 55.8 Å². The van der Waals surface area contributed by atoms with Gasteiger partial charge in [0.15, 0.2) is 0 Å². The molecule has 84 valence electrons. The molecule has 0 aliphatic heterocycles. The summed E-state index contributed by atoms with van der Waals surface area (Å²) in [5.74, 6) is 0.319. The highest BCUT2D eigenvalue weighted by atomic mass is 32.2. The van der Waals surface area contributed by atoms with E-state index in [0.29, 0.717) is 12.4 Å². The van der Waals surface area contributed by atoms with Crippen molar-refractivity contribution in [2.75, 3.05) is 32.3 Å².